The normalized spacial score (nSPS) is 14.9. The van der Waals surface area contributed by atoms with E-state index < -0.39 is 23.2 Å². The van der Waals surface area contributed by atoms with Crippen LogP contribution in [0.25, 0.3) is 0 Å². The van der Waals surface area contributed by atoms with Crippen molar-refractivity contribution in [1.29, 1.82) is 0 Å². The Morgan fingerprint density at radius 1 is 1.33 bits per heavy atom. The molecule has 1 aromatic heterocycles. The molecule has 0 aromatic carbocycles. The van der Waals surface area contributed by atoms with Crippen molar-refractivity contribution < 1.29 is 23.1 Å². The second-order valence-electron chi connectivity index (χ2n) is 4.46. The molecular formula is C13H15F2N3O3. The number of rotatable bonds is 4. The molecule has 0 bridgehead atoms. The van der Waals surface area contributed by atoms with E-state index in [4.69, 9.17) is 4.74 Å². The van der Waals surface area contributed by atoms with Gasteiger partial charge in [0, 0.05) is 32.3 Å². The van der Waals surface area contributed by atoms with Crippen LogP contribution in [0.4, 0.5) is 8.78 Å². The number of hydrogen-bond acceptors (Lipinski definition) is 4. The van der Waals surface area contributed by atoms with Crippen molar-refractivity contribution in [3.8, 4) is 0 Å². The van der Waals surface area contributed by atoms with Gasteiger partial charge in [-0.2, -0.15) is 4.39 Å². The SMILES string of the molecule is O=C(NCCC(=O)N1CCOCC1)c1ccnc(F)c1F. The van der Waals surface area contributed by atoms with Crippen molar-refractivity contribution in [2.75, 3.05) is 32.8 Å². The van der Waals surface area contributed by atoms with Gasteiger partial charge in [0.15, 0.2) is 5.82 Å². The topological polar surface area (TPSA) is 71.5 Å². The Labute approximate surface area is 120 Å². The minimum absolute atomic E-state index is 0.0540. The van der Waals surface area contributed by atoms with Crippen LogP contribution >= 0.6 is 0 Å². The number of aromatic nitrogens is 1. The lowest BCUT2D eigenvalue weighted by molar-refractivity contribution is -0.135. The molecule has 1 aliphatic rings. The molecule has 2 rings (SSSR count). The molecule has 0 radical (unpaired) electrons. The molecule has 2 heterocycles. The van der Waals surface area contributed by atoms with E-state index >= 15 is 0 Å². The fourth-order valence-corrected chi connectivity index (χ4v) is 1.94. The van der Waals surface area contributed by atoms with E-state index in [0.29, 0.717) is 26.3 Å². The van der Waals surface area contributed by atoms with E-state index in [0.717, 1.165) is 12.3 Å². The first-order valence-electron chi connectivity index (χ1n) is 6.53. The van der Waals surface area contributed by atoms with Crippen molar-refractivity contribution in [3.63, 3.8) is 0 Å². The zero-order chi connectivity index (χ0) is 15.2. The minimum Gasteiger partial charge on any atom is -0.378 e. The molecule has 1 aliphatic heterocycles. The highest BCUT2D eigenvalue weighted by atomic mass is 19.2. The third-order valence-electron chi connectivity index (χ3n) is 3.08. The second kappa shape index (κ2) is 7.07. The number of pyridine rings is 1. The first-order valence-corrected chi connectivity index (χ1v) is 6.53. The Hall–Kier alpha value is -2.09. The molecule has 8 heteroatoms. The number of halogens is 2. The van der Waals surface area contributed by atoms with E-state index in [9.17, 15) is 18.4 Å². The van der Waals surface area contributed by atoms with Crippen LogP contribution in [0.2, 0.25) is 0 Å². The van der Waals surface area contributed by atoms with Crippen molar-refractivity contribution in [3.05, 3.63) is 29.6 Å². The first kappa shape index (κ1) is 15.3. The molecule has 6 nitrogen and oxygen atoms in total. The number of ether oxygens (including phenoxy) is 1. The summed E-state index contributed by atoms with van der Waals surface area (Å²) in [6.45, 7) is 2.10. The quantitative estimate of drug-likeness (QED) is 0.814. The summed E-state index contributed by atoms with van der Waals surface area (Å²) in [6.07, 6.45) is 1.10. The molecule has 21 heavy (non-hydrogen) atoms. The maximum Gasteiger partial charge on any atom is 0.254 e. The minimum atomic E-state index is -1.33. The van der Waals surface area contributed by atoms with Gasteiger partial charge in [0.25, 0.3) is 5.91 Å². The van der Waals surface area contributed by atoms with Gasteiger partial charge in [-0.05, 0) is 6.07 Å². The number of nitrogens with one attached hydrogen (secondary N) is 1. The molecule has 114 valence electrons. The molecule has 0 saturated carbocycles. The first-order chi connectivity index (χ1) is 10.1. The summed E-state index contributed by atoms with van der Waals surface area (Å²) in [4.78, 5) is 28.2. The summed E-state index contributed by atoms with van der Waals surface area (Å²) in [5.41, 5.74) is -0.429. The summed E-state index contributed by atoms with van der Waals surface area (Å²) in [6, 6.07) is 1.08. The van der Waals surface area contributed by atoms with Crippen molar-refractivity contribution >= 4 is 11.8 Å². The average molecular weight is 299 g/mol. The van der Waals surface area contributed by atoms with Gasteiger partial charge in [-0.15, -0.1) is 0 Å². The molecule has 1 N–H and O–H groups in total. The smallest absolute Gasteiger partial charge is 0.254 e. The van der Waals surface area contributed by atoms with E-state index in [-0.39, 0.29) is 18.9 Å². The average Bonchev–Trinajstić information content (AvgIpc) is 2.50. The standard InChI is InChI=1S/C13H15F2N3O3/c14-11-9(1-3-16-12(11)15)13(20)17-4-2-10(19)18-5-7-21-8-6-18/h1,3H,2,4-8H2,(H,17,20). The highest BCUT2D eigenvalue weighted by Crippen LogP contribution is 2.08. The lowest BCUT2D eigenvalue weighted by Crippen LogP contribution is -2.42. The van der Waals surface area contributed by atoms with Crippen molar-refractivity contribution in [2.45, 2.75) is 6.42 Å². The largest absolute Gasteiger partial charge is 0.378 e. The van der Waals surface area contributed by atoms with Crippen molar-refractivity contribution in [2.24, 2.45) is 0 Å². The van der Waals surface area contributed by atoms with E-state index in [2.05, 4.69) is 10.3 Å². The fourth-order valence-electron chi connectivity index (χ4n) is 1.94. The van der Waals surface area contributed by atoms with Crippen LogP contribution in [-0.2, 0) is 9.53 Å². The Balaban J connectivity index is 1.81. The van der Waals surface area contributed by atoms with E-state index in [1.54, 1.807) is 4.90 Å². The van der Waals surface area contributed by atoms with Crippen LogP contribution in [0.15, 0.2) is 12.3 Å². The number of carbonyl (C=O) groups excluding carboxylic acids is 2. The van der Waals surface area contributed by atoms with E-state index in [1.165, 1.54) is 0 Å². The predicted molar refractivity (Wildman–Crippen MR) is 68.5 cm³/mol. The third-order valence-corrected chi connectivity index (χ3v) is 3.08. The summed E-state index contributed by atoms with van der Waals surface area (Å²) in [7, 11) is 0. The number of amides is 2. The number of hydrogen-bond donors (Lipinski definition) is 1. The highest BCUT2D eigenvalue weighted by Gasteiger charge is 2.18. The van der Waals surface area contributed by atoms with E-state index in [1.807, 2.05) is 0 Å². The van der Waals surface area contributed by atoms with Crippen LogP contribution < -0.4 is 5.32 Å². The Kier molecular flexibility index (Phi) is 5.15. The Bertz CT molecular complexity index is 533. The number of nitrogens with zero attached hydrogens (tertiary/aromatic N) is 2. The van der Waals surface area contributed by atoms with Gasteiger partial charge in [0.1, 0.15) is 0 Å². The lowest BCUT2D eigenvalue weighted by Gasteiger charge is -2.26. The zero-order valence-electron chi connectivity index (χ0n) is 11.3. The molecule has 2 amide bonds. The fraction of sp³-hybridized carbons (Fsp3) is 0.462. The Morgan fingerprint density at radius 3 is 2.76 bits per heavy atom. The third kappa shape index (κ3) is 3.94. The van der Waals surface area contributed by atoms with Crippen LogP contribution in [0.3, 0.4) is 0 Å². The van der Waals surface area contributed by atoms with Crippen LogP contribution in [0.5, 0.6) is 0 Å². The van der Waals surface area contributed by atoms with Gasteiger partial charge >= 0.3 is 0 Å². The van der Waals surface area contributed by atoms with Crippen LogP contribution in [0, 0.1) is 11.8 Å². The maximum atomic E-state index is 13.3. The van der Waals surface area contributed by atoms with Gasteiger partial charge in [-0.3, -0.25) is 9.59 Å². The zero-order valence-corrected chi connectivity index (χ0v) is 11.3. The molecule has 1 aromatic rings. The highest BCUT2D eigenvalue weighted by molar-refractivity contribution is 5.94. The second-order valence-corrected chi connectivity index (χ2v) is 4.46. The predicted octanol–water partition coefficient (Wildman–Crippen LogP) is 0.339. The van der Waals surface area contributed by atoms with Gasteiger partial charge in [-0.25, -0.2) is 9.37 Å². The molecule has 1 fully saturated rings. The molecular weight excluding hydrogens is 284 g/mol. The van der Waals surface area contributed by atoms with Gasteiger partial charge in [0.05, 0.1) is 18.8 Å². The van der Waals surface area contributed by atoms with Gasteiger partial charge < -0.3 is 15.0 Å². The number of morpholine rings is 1. The van der Waals surface area contributed by atoms with Gasteiger partial charge in [-0.1, -0.05) is 0 Å². The summed E-state index contributed by atoms with van der Waals surface area (Å²) < 4.78 is 31.4. The maximum absolute atomic E-state index is 13.3. The molecule has 1 saturated heterocycles. The molecule has 0 unspecified atom stereocenters. The molecule has 0 aliphatic carbocycles. The lowest BCUT2D eigenvalue weighted by atomic mass is 10.2. The summed E-state index contributed by atoms with van der Waals surface area (Å²) >= 11 is 0. The number of carbonyl (C=O) groups is 2. The van der Waals surface area contributed by atoms with Gasteiger partial charge in [0.2, 0.25) is 11.9 Å². The Morgan fingerprint density at radius 2 is 2.05 bits per heavy atom. The summed E-state index contributed by atoms with van der Waals surface area (Å²) in [5.74, 6) is -3.51. The van der Waals surface area contributed by atoms with Crippen molar-refractivity contribution in [1.82, 2.24) is 15.2 Å². The van der Waals surface area contributed by atoms with Crippen LogP contribution in [-0.4, -0.2) is 54.5 Å². The monoisotopic (exact) mass is 299 g/mol. The molecule has 0 atom stereocenters. The van der Waals surface area contributed by atoms with Crippen LogP contribution in [0.1, 0.15) is 16.8 Å². The molecule has 0 spiro atoms. The summed E-state index contributed by atoms with van der Waals surface area (Å²) in [5, 5.41) is 2.38.